The number of carbonyl (C=O) groups excluding carboxylic acids is 1. The number of hydrogen-bond donors (Lipinski definition) is 2. The molecular weight excluding hydrogens is 252 g/mol. The lowest BCUT2D eigenvalue weighted by atomic mass is 10.0. The van der Waals surface area contributed by atoms with Crippen LogP contribution in [0.3, 0.4) is 0 Å². The molecule has 0 saturated carbocycles. The second-order valence-electron chi connectivity index (χ2n) is 5.31. The standard InChI is InChI=1S/C16H24N2O2/c1-11(2)10-14(17)16(20)18(4)12(3)15(19)13-8-6-5-7-9-13/h5-9,12,14-15,19H,1,10,17H2,2-4H3/t12-,14+,15-/m0/s1. The zero-order valence-electron chi connectivity index (χ0n) is 12.4. The number of nitrogens with two attached hydrogens (primary N) is 1. The average molecular weight is 276 g/mol. The molecule has 0 aliphatic heterocycles. The fourth-order valence-corrected chi connectivity index (χ4v) is 2.07. The predicted octanol–water partition coefficient (Wildman–Crippen LogP) is 1.86. The van der Waals surface area contributed by atoms with Gasteiger partial charge in [0.15, 0.2) is 0 Å². The van der Waals surface area contributed by atoms with E-state index in [0.29, 0.717) is 6.42 Å². The molecule has 4 nitrogen and oxygen atoms in total. The Balaban J connectivity index is 2.73. The van der Waals surface area contributed by atoms with Gasteiger partial charge in [0, 0.05) is 7.05 Å². The van der Waals surface area contributed by atoms with Gasteiger partial charge in [-0.3, -0.25) is 4.79 Å². The highest BCUT2D eigenvalue weighted by atomic mass is 16.3. The fraction of sp³-hybridized carbons (Fsp3) is 0.438. The first-order valence-corrected chi connectivity index (χ1v) is 6.74. The molecule has 0 spiro atoms. The Morgan fingerprint density at radius 1 is 1.40 bits per heavy atom. The molecule has 20 heavy (non-hydrogen) atoms. The van der Waals surface area contributed by atoms with E-state index in [2.05, 4.69) is 6.58 Å². The number of aliphatic hydroxyl groups is 1. The molecule has 1 rings (SSSR count). The highest BCUT2D eigenvalue weighted by molar-refractivity contribution is 5.82. The highest BCUT2D eigenvalue weighted by Gasteiger charge is 2.27. The zero-order chi connectivity index (χ0) is 15.3. The summed E-state index contributed by atoms with van der Waals surface area (Å²) in [5.41, 5.74) is 7.52. The van der Waals surface area contributed by atoms with E-state index in [1.807, 2.05) is 44.2 Å². The van der Waals surface area contributed by atoms with Gasteiger partial charge in [-0.2, -0.15) is 0 Å². The highest BCUT2D eigenvalue weighted by Crippen LogP contribution is 2.20. The monoisotopic (exact) mass is 276 g/mol. The summed E-state index contributed by atoms with van der Waals surface area (Å²) in [6, 6.07) is 8.34. The van der Waals surface area contributed by atoms with Crippen molar-refractivity contribution in [3.63, 3.8) is 0 Å². The molecule has 0 aromatic heterocycles. The van der Waals surface area contributed by atoms with Crippen molar-refractivity contribution in [1.82, 2.24) is 4.90 Å². The van der Waals surface area contributed by atoms with Gasteiger partial charge in [-0.05, 0) is 25.8 Å². The zero-order valence-corrected chi connectivity index (χ0v) is 12.4. The van der Waals surface area contributed by atoms with E-state index in [1.54, 1.807) is 7.05 Å². The number of hydrogen-bond acceptors (Lipinski definition) is 3. The Morgan fingerprint density at radius 2 is 1.95 bits per heavy atom. The van der Waals surface area contributed by atoms with Gasteiger partial charge in [-0.25, -0.2) is 0 Å². The Morgan fingerprint density at radius 3 is 2.45 bits per heavy atom. The normalized spacial score (nSPS) is 15.2. The molecule has 0 heterocycles. The molecule has 0 aliphatic rings. The largest absolute Gasteiger partial charge is 0.386 e. The quantitative estimate of drug-likeness (QED) is 0.779. The number of carbonyl (C=O) groups is 1. The summed E-state index contributed by atoms with van der Waals surface area (Å²) < 4.78 is 0. The number of benzene rings is 1. The van der Waals surface area contributed by atoms with Crippen molar-refractivity contribution >= 4 is 5.91 Å². The molecule has 3 atom stereocenters. The number of nitrogens with zero attached hydrogens (tertiary/aromatic N) is 1. The van der Waals surface area contributed by atoms with Gasteiger partial charge in [0.05, 0.1) is 18.2 Å². The Bertz CT molecular complexity index is 459. The van der Waals surface area contributed by atoms with Crippen LogP contribution in [0.1, 0.15) is 31.9 Å². The Labute approximate surface area is 120 Å². The van der Waals surface area contributed by atoms with Gasteiger partial charge in [0.1, 0.15) is 0 Å². The second kappa shape index (κ2) is 7.22. The van der Waals surface area contributed by atoms with Crippen molar-refractivity contribution in [3.8, 4) is 0 Å². The molecule has 3 N–H and O–H groups in total. The average Bonchev–Trinajstić information content (AvgIpc) is 2.44. The number of rotatable bonds is 6. The minimum atomic E-state index is -0.734. The summed E-state index contributed by atoms with van der Waals surface area (Å²) in [6.07, 6.45) is -0.278. The number of likely N-dealkylation sites (N-methyl/N-ethyl adjacent to an activating group) is 1. The first-order chi connectivity index (χ1) is 9.34. The van der Waals surface area contributed by atoms with Crippen LogP contribution in [0.25, 0.3) is 0 Å². The van der Waals surface area contributed by atoms with Gasteiger partial charge in [0.2, 0.25) is 5.91 Å². The van der Waals surface area contributed by atoms with Crippen LogP contribution >= 0.6 is 0 Å². The van der Waals surface area contributed by atoms with Gasteiger partial charge >= 0.3 is 0 Å². The maximum Gasteiger partial charge on any atom is 0.239 e. The lowest BCUT2D eigenvalue weighted by Crippen LogP contribution is -2.47. The van der Waals surface area contributed by atoms with Crippen LogP contribution in [0.15, 0.2) is 42.5 Å². The fourth-order valence-electron chi connectivity index (χ4n) is 2.07. The summed E-state index contributed by atoms with van der Waals surface area (Å²) in [7, 11) is 1.66. The van der Waals surface area contributed by atoms with Crippen LogP contribution < -0.4 is 5.73 Å². The van der Waals surface area contributed by atoms with E-state index < -0.39 is 12.1 Å². The van der Waals surface area contributed by atoms with Crippen molar-refractivity contribution in [3.05, 3.63) is 48.0 Å². The number of amides is 1. The Kier molecular flexibility index (Phi) is 5.92. The first kappa shape index (κ1) is 16.4. The van der Waals surface area contributed by atoms with E-state index in [-0.39, 0.29) is 11.9 Å². The minimum Gasteiger partial charge on any atom is -0.386 e. The van der Waals surface area contributed by atoms with Gasteiger partial charge in [-0.15, -0.1) is 6.58 Å². The van der Waals surface area contributed by atoms with E-state index in [4.69, 9.17) is 5.73 Å². The number of aliphatic hydroxyl groups excluding tert-OH is 1. The molecule has 1 amide bonds. The molecule has 110 valence electrons. The third kappa shape index (κ3) is 4.18. The second-order valence-corrected chi connectivity index (χ2v) is 5.31. The smallest absolute Gasteiger partial charge is 0.239 e. The Hall–Kier alpha value is -1.65. The maximum atomic E-state index is 12.2. The minimum absolute atomic E-state index is 0.185. The van der Waals surface area contributed by atoms with Crippen LogP contribution in [0, 0.1) is 0 Å². The maximum absolute atomic E-state index is 12.2. The topological polar surface area (TPSA) is 66.6 Å². The van der Waals surface area contributed by atoms with Crippen molar-refractivity contribution in [2.75, 3.05) is 7.05 Å². The van der Waals surface area contributed by atoms with Crippen LogP contribution in [0.2, 0.25) is 0 Å². The SMILES string of the molecule is C=C(C)C[C@@H](N)C(=O)N(C)[C@@H](C)[C@H](O)c1ccccc1. The van der Waals surface area contributed by atoms with Crippen LogP contribution in [-0.2, 0) is 4.79 Å². The summed E-state index contributed by atoms with van der Waals surface area (Å²) in [6.45, 7) is 7.42. The van der Waals surface area contributed by atoms with Crippen LogP contribution in [0.5, 0.6) is 0 Å². The molecular formula is C16H24N2O2. The van der Waals surface area contributed by atoms with Crippen LogP contribution in [-0.4, -0.2) is 35.0 Å². The van der Waals surface area contributed by atoms with Crippen molar-refractivity contribution in [2.24, 2.45) is 5.73 Å². The van der Waals surface area contributed by atoms with E-state index in [9.17, 15) is 9.90 Å². The third-order valence-electron chi connectivity index (χ3n) is 3.44. The summed E-state index contributed by atoms with van der Waals surface area (Å²) >= 11 is 0. The molecule has 0 fully saturated rings. The summed E-state index contributed by atoms with van der Waals surface area (Å²) in [5.74, 6) is -0.185. The molecule has 0 aliphatic carbocycles. The molecule has 1 aromatic rings. The molecule has 1 aromatic carbocycles. The van der Waals surface area contributed by atoms with E-state index >= 15 is 0 Å². The van der Waals surface area contributed by atoms with Gasteiger partial charge < -0.3 is 15.7 Å². The van der Waals surface area contributed by atoms with Gasteiger partial charge in [0.25, 0.3) is 0 Å². The van der Waals surface area contributed by atoms with E-state index in [0.717, 1.165) is 11.1 Å². The van der Waals surface area contributed by atoms with Crippen molar-refractivity contribution < 1.29 is 9.90 Å². The predicted molar refractivity (Wildman–Crippen MR) is 81.0 cm³/mol. The summed E-state index contributed by atoms with van der Waals surface area (Å²) in [5, 5.41) is 10.3. The van der Waals surface area contributed by atoms with Crippen molar-refractivity contribution in [2.45, 2.75) is 38.5 Å². The molecule has 0 bridgehead atoms. The molecule has 0 saturated heterocycles. The lowest BCUT2D eigenvalue weighted by molar-refractivity contribution is -0.135. The molecule has 0 radical (unpaired) electrons. The first-order valence-electron chi connectivity index (χ1n) is 6.74. The third-order valence-corrected chi connectivity index (χ3v) is 3.44. The van der Waals surface area contributed by atoms with Gasteiger partial charge in [-0.1, -0.05) is 35.9 Å². The van der Waals surface area contributed by atoms with E-state index in [1.165, 1.54) is 4.90 Å². The van der Waals surface area contributed by atoms with Crippen molar-refractivity contribution in [1.29, 1.82) is 0 Å². The summed E-state index contributed by atoms with van der Waals surface area (Å²) in [4.78, 5) is 13.7. The van der Waals surface area contributed by atoms with Crippen LogP contribution in [0.4, 0.5) is 0 Å². The molecule has 4 heteroatoms. The molecule has 0 unspecified atom stereocenters. The lowest BCUT2D eigenvalue weighted by Gasteiger charge is -2.31.